The monoisotopic (exact) mass is 320 g/mol. The van der Waals surface area contributed by atoms with Gasteiger partial charge >= 0.3 is 0 Å². The molecular weight excluding hydrogens is 300 g/mol. The van der Waals surface area contributed by atoms with Crippen LogP contribution in [0.3, 0.4) is 0 Å². The number of hydrogen-bond donors (Lipinski definition) is 1. The van der Waals surface area contributed by atoms with Gasteiger partial charge in [0, 0.05) is 6.42 Å². The lowest BCUT2D eigenvalue weighted by molar-refractivity contribution is 0.0935. The molecule has 24 heavy (non-hydrogen) atoms. The average molecular weight is 320 g/mol. The first-order valence-electron chi connectivity index (χ1n) is 8.43. The first-order valence-corrected chi connectivity index (χ1v) is 8.43. The number of nitrogens with zero attached hydrogens (tertiary/aromatic N) is 1. The summed E-state index contributed by atoms with van der Waals surface area (Å²) in [5.41, 5.74) is 1.46. The van der Waals surface area contributed by atoms with E-state index < -0.39 is 0 Å². The highest BCUT2D eigenvalue weighted by Gasteiger charge is 2.25. The predicted molar refractivity (Wildman–Crippen MR) is 92.8 cm³/mol. The fourth-order valence-electron chi connectivity index (χ4n) is 3.05. The molecule has 0 unspecified atom stereocenters. The van der Waals surface area contributed by atoms with Crippen molar-refractivity contribution in [3.05, 3.63) is 65.9 Å². The van der Waals surface area contributed by atoms with Crippen LogP contribution in [0.25, 0.3) is 10.8 Å². The Kier molecular flexibility index (Phi) is 3.81. The lowest BCUT2D eigenvalue weighted by Crippen LogP contribution is -2.27. The van der Waals surface area contributed by atoms with Gasteiger partial charge < -0.3 is 9.73 Å². The van der Waals surface area contributed by atoms with Crippen molar-refractivity contribution >= 4 is 16.7 Å². The van der Waals surface area contributed by atoms with Gasteiger partial charge in [-0.2, -0.15) is 0 Å². The van der Waals surface area contributed by atoms with Gasteiger partial charge in [-0.15, -0.1) is 0 Å². The van der Waals surface area contributed by atoms with Crippen LogP contribution >= 0.6 is 0 Å². The lowest BCUT2D eigenvalue weighted by atomic mass is 9.99. The first-order chi connectivity index (χ1) is 11.7. The van der Waals surface area contributed by atoms with Gasteiger partial charge in [-0.25, -0.2) is 4.98 Å². The quantitative estimate of drug-likeness (QED) is 0.763. The van der Waals surface area contributed by atoms with Crippen molar-refractivity contribution < 1.29 is 9.21 Å². The van der Waals surface area contributed by atoms with Crippen LogP contribution in [0.2, 0.25) is 0 Å². The molecule has 0 radical (unpaired) electrons. The molecule has 122 valence electrons. The molecule has 0 spiro atoms. The minimum atomic E-state index is -0.193. The molecule has 1 aromatic heterocycles. The van der Waals surface area contributed by atoms with Crippen molar-refractivity contribution in [2.75, 3.05) is 0 Å². The Morgan fingerprint density at radius 1 is 1.25 bits per heavy atom. The normalized spacial score (nSPS) is 15.4. The van der Waals surface area contributed by atoms with E-state index in [1.165, 1.54) is 24.5 Å². The second-order valence-electron chi connectivity index (χ2n) is 6.54. The molecule has 0 saturated heterocycles. The number of benzene rings is 2. The van der Waals surface area contributed by atoms with Crippen LogP contribution < -0.4 is 5.32 Å². The van der Waals surface area contributed by atoms with Crippen molar-refractivity contribution in [1.29, 1.82) is 0 Å². The summed E-state index contributed by atoms with van der Waals surface area (Å²) in [5, 5.41) is 5.35. The molecule has 4 heteroatoms. The van der Waals surface area contributed by atoms with Crippen LogP contribution in [-0.4, -0.2) is 10.9 Å². The highest BCUT2D eigenvalue weighted by molar-refractivity contribution is 5.93. The van der Waals surface area contributed by atoms with E-state index in [9.17, 15) is 4.79 Å². The molecule has 1 saturated carbocycles. The zero-order valence-corrected chi connectivity index (χ0v) is 13.7. The van der Waals surface area contributed by atoms with Gasteiger partial charge in [0.05, 0.1) is 6.04 Å². The van der Waals surface area contributed by atoms with Crippen LogP contribution in [0.15, 0.2) is 53.1 Å². The van der Waals surface area contributed by atoms with E-state index >= 15 is 0 Å². The second kappa shape index (κ2) is 6.11. The van der Waals surface area contributed by atoms with Gasteiger partial charge in [0.2, 0.25) is 0 Å². The Morgan fingerprint density at radius 2 is 2.04 bits per heavy atom. The molecular formula is C20H20N2O2. The van der Waals surface area contributed by atoms with Gasteiger partial charge in [0.25, 0.3) is 5.91 Å². The number of amides is 1. The number of aromatic nitrogens is 1. The van der Waals surface area contributed by atoms with E-state index in [1.807, 2.05) is 25.1 Å². The third-order valence-corrected chi connectivity index (χ3v) is 4.58. The van der Waals surface area contributed by atoms with Crippen molar-refractivity contribution in [2.24, 2.45) is 5.92 Å². The number of carbonyl (C=O) groups is 1. The highest BCUT2D eigenvalue weighted by Crippen LogP contribution is 2.32. The average Bonchev–Trinajstić information content (AvgIpc) is 3.28. The molecule has 1 aliphatic carbocycles. The maximum atomic E-state index is 12.4. The Bertz CT molecular complexity index is 875. The van der Waals surface area contributed by atoms with Crippen molar-refractivity contribution in [3.63, 3.8) is 0 Å². The molecule has 0 bridgehead atoms. The van der Waals surface area contributed by atoms with Crippen LogP contribution in [-0.2, 0) is 6.42 Å². The standard InChI is InChI=1S/C20H20N2O2/c1-13(16-8-4-6-15-5-2-3-7-17(15)16)21-20(23)18-12-24-19(22-18)11-14-9-10-14/h2-8,12-14H,9-11H2,1H3,(H,21,23)/t13-/m1/s1. The fourth-order valence-corrected chi connectivity index (χ4v) is 3.05. The van der Waals surface area contributed by atoms with Gasteiger partial charge in [-0.1, -0.05) is 42.5 Å². The molecule has 4 nitrogen and oxygen atoms in total. The molecule has 2 aromatic carbocycles. The molecule has 1 fully saturated rings. The third-order valence-electron chi connectivity index (χ3n) is 4.58. The van der Waals surface area contributed by atoms with Crippen molar-refractivity contribution in [3.8, 4) is 0 Å². The van der Waals surface area contributed by atoms with Crippen LogP contribution in [0.5, 0.6) is 0 Å². The Hall–Kier alpha value is -2.62. The van der Waals surface area contributed by atoms with E-state index in [1.54, 1.807) is 0 Å². The maximum absolute atomic E-state index is 12.4. The molecule has 0 aliphatic heterocycles. The molecule has 4 rings (SSSR count). The number of rotatable bonds is 5. The summed E-state index contributed by atoms with van der Waals surface area (Å²) < 4.78 is 5.42. The summed E-state index contributed by atoms with van der Waals surface area (Å²) in [7, 11) is 0. The molecule has 1 amide bonds. The molecule has 3 aromatic rings. The van der Waals surface area contributed by atoms with Crippen LogP contribution in [0.1, 0.15) is 47.7 Å². The van der Waals surface area contributed by atoms with Crippen molar-refractivity contribution in [1.82, 2.24) is 10.3 Å². The van der Waals surface area contributed by atoms with Crippen LogP contribution in [0.4, 0.5) is 0 Å². The number of carbonyl (C=O) groups excluding carboxylic acids is 1. The molecule has 1 heterocycles. The number of hydrogen-bond acceptors (Lipinski definition) is 3. The summed E-state index contributed by atoms with van der Waals surface area (Å²) in [6.07, 6.45) is 4.78. The Labute approximate surface area is 140 Å². The zero-order valence-electron chi connectivity index (χ0n) is 13.7. The van der Waals surface area contributed by atoms with Gasteiger partial charge in [-0.05, 0) is 42.0 Å². The molecule has 1 N–H and O–H groups in total. The summed E-state index contributed by atoms with van der Waals surface area (Å²) in [5.74, 6) is 1.16. The minimum absolute atomic E-state index is 0.104. The van der Waals surface area contributed by atoms with E-state index in [0.29, 0.717) is 17.5 Å². The van der Waals surface area contributed by atoms with Crippen LogP contribution in [0, 0.1) is 5.92 Å². The number of fused-ring (bicyclic) bond motifs is 1. The lowest BCUT2D eigenvalue weighted by Gasteiger charge is -2.15. The van der Waals surface area contributed by atoms with E-state index in [-0.39, 0.29) is 11.9 Å². The molecule has 1 aliphatic rings. The maximum Gasteiger partial charge on any atom is 0.273 e. The summed E-state index contributed by atoms with van der Waals surface area (Å²) in [4.78, 5) is 16.8. The topological polar surface area (TPSA) is 55.1 Å². The van der Waals surface area contributed by atoms with E-state index in [0.717, 1.165) is 17.4 Å². The largest absolute Gasteiger partial charge is 0.448 e. The third kappa shape index (κ3) is 3.04. The van der Waals surface area contributed by atoms with E-state index in [2.05, 4.69) is 34.6 Å². The number of nitrogens with one attached hydrogen (secondary N) is 1. The van der Waals surface area contributed by atoms with Crippen molar-refractivity contribution in [2.45, 2.75) is 32.2 Å². The van der Waals surface area contributed by atoms with Gasteiger partial charge in [0.1, 0.15) is 6.26 Å². The minimum Gasteiger partial charge on any atom is -0.448 e. The number of oxazole rings is 1. The Balaban J connectivity index is 1.51. The van der Waals surface area contributed by atoms with Gasteiger partial charge in [0.15, 0.2) is 11.6 Å². The SMILES string of the molecule is C[C@@H](NC(=O)c1coc(CC2CC2)n1)c1cccc2ccccc12. The smallest absolute Gasteiger partial charge is 0.273 e. The second-order valence-corrected chi connectivity index (χ2v) is 6.54. The fraction of sp³-hybridized carbons (Fsp3) is 0.300. The van der Waals surface area contributed by atoms with E-state index in [4.69, 9.17) is 4.42 Å². The zero-order chi connectivity index (χ0) is 16.5. The summed E-state index contributed by atoms with van der Waals surface area (Å²) in [6, 6.07) is 14.2. The van der Waals surface area contributed by atoms with Gasteiger partial charge in [-0.3, -0.25) is 4.79 Å². The summed E-state index contributed by atoms with van der Waals surface area (Å²) >= 11 is 0. The first kappa shape index (κ1) is 14.9. The Morgan fingerprint density at radius 3 is 2.88 bits per heavy atom. The molecule has 1 atom stereocenters. The summed E-state index contributed by atoms with van der Waals surface area (Å²) in [6.45, 7) is 1.99. The highest BCUT2D eigenvalue weighted by atomic mass is 16.3. The predicted octanol–water partition coefficient (Wildman–Crippen LogP) is 4.27.